The summed E-state index contributed by atoms with van der Waals surface area (Å²) in [5.41, 5.74) is 1.87. The van der Waals surface area contributed by atoms with E-state index in [1.165, 1.54) is 19.2 Å². The molecule has 0 radical (unpaired) electrons. The summed E-state index contributed by atoms with van der Waals surface area (Å²) in [4.78, 5) is 2.94. The normalized spacial score (nSPS) is 9.38. The second kappa shape index (κ2) is 5.23. The van der Waals surface area contributed by atoms with E-state index in [1.54, 1.807) is 6.07 Å². The van der Waals surface area contributed by atoms with Gasteiger partial charge in [0.15, 0.2) is 12.4 Å². The Hall–Kier alpha value is -1.94. The lowest BCUT2D eigenvalue weighted by Crippen LogP contribution is -1.97. The van der Waals surface area contributed by atoms with Crippen LogP contribution < -0.4 is 9.72 Å². The number of benzene rings is 1. The number of pyridine rings is 1. The molecule has 0 bridgehead atoms. The van der Waals surface area contributed by atoms with Gasteiger partial charge in [-0.05, 0) is 17.7 Å². The summed E-state index contributed by atoms with van der Waals surface area (Å²) in [5, 5.41) is 0. The molecule has 1 heterocycles. The van der Waals surface area contributed by atoms with Crippen molar-refractivity contribution in [2.75, 3.05) is 7.11 Å². The highest BCUT2D eigenvalue weighted by Crippen LogP contribution is 2.29. The Morgan fingerprint density at radius 1 is 1.12 bits per heavy atom. The summed E-state index contributed by atoms with van der Waals surface area (Å²) in [6, 6.07) is 8.34. The van der Waals surface area contributed by atoms with Crippen LogP contribution in [0.2, 0.25) is 0 Å². The summed E-state index contributed by atoms with van der Waals surface area (Å²) in [7, 11) is 1.54. The minimum atomic E-state index is -0.293. The molecule has 2 rings (SSSR count). The molecule has 0 saturated carbocycles. The quantitative estimate of drug-likeness (QED) is 0.780. The van der Waals surface area contributed by atoms with E-state index in [9.17, 15) is 4.39 Å². The standard InChI is InChI=1S/C12H10FNO.H2O/c1-15-12-8-10(13)2-3-11(12)9-4-6-14-7-5-9;/h2-8H,1H3;1H2. The Labute approximate surface area is 92.8 Å². The van der Waals surface area contributed by atoms with Gasteiger partial charge in [0.05, 0.1) is 7.11 Å². The Bertz CT molecular complexity index is 460. The summed E-state index contributed by atoms with van der Waals surface area (Å²) >= 11 is 0. The predicted octanol–water partition coefficient (Wildman–Crippen LogP) is 2.14. The maximum absolute atomic E-state index is 13.0. The van der Waals surface area contributed by atoms with Crippen molar-refractivity contribution in [3.63, 3.8) is 0 Å². The van der Waals surface area contributed by atoms with Crippen molar-refractivity contribution in [1.82, 2.24) is 0 Å². The molecule has 0 aliphatic rings. The average Bonchev–Trinajstić information content (AvgIpc) is 2.30. The van der Waals surface area contributed by atoms with Gasteiger partial charge in [-0.2, -0.15) is 0 Å². The van der Waals surface area contributed by atoms with Crippen molar-refractivity contribution in [2.24, 2.45) is 0 Å². The molecule has 0 aliphatic carbocycles. The van der Waals surface area contributed by atoms with Crippen molar-refractivity contribution >= 4 is 0 Å². The molecule has 2 aromatic rings. The third-order valence-electron chi connectivity index (χ3n) is 2.19. The van der Waals surface area contributed by atoms with Crippen LogP contribution in [0.1, 0.15) is 0 Å². The van der Waals surface area contributed by atoms with Crippen molar-refractivity contribution in [3.05, 3.63) is 48.5 Å². The fourth-order valence-electron chi connectivity index (χ4n) is 1.47. The SMILES string of the molecule is COc1cc(F)ccc1-c1cc[nH+]cc1.[OH-]. The van der Waals surface area contributed by atoms with Crippen LogP contribution in [-0.4, -0.2) is 12.6 Å². The van der Waals surface area contributed by atoms with Crippen molar-refractivity contribution in [2.45, 2.75) is 0 Å². The van der Waals surface area contributed by atoms with Crippen LogP contribution >= 0.6 is 0 Å². The van der Waals surface area contributed by atoms with Crippen LogP contribution in [0.25, 0.3) is 11.1 Å². The summed E-state index contributed by atoms with van der Waals surface area (Å²) in [6.45, 7) is 0. The smallest absolute Gasteiger partial charge is 0.167 e. The Morgan fingerprint density at radius 3 is 2.44 bits per heavy atom. The molecule has 0 atom stereocenters. The summed E-state index contributed by atoms with van der Waals surface area (Å²) in [6.07, 6.45) is 3.64. The van der Waals surface area contributed by atoms with Gasteiger partial charge in [-0.15, -0.1) is 0 Å². The lowest BCUT2D eigenvalue weighted by atomic mass is 10.1. The molecule has 1 aromatic carbocycles. The number of methoxy groups -OCH3 is 1. The van der Waals surface area contributed by atoms with Crippen molar-refractivity contribution in [1.29, 1.82) is 0 Å². The number of halogens is 1. The second-order valence-electron chi connectivity index (χ2n) is 3.13. The number of hydrogen-bond acceptors (Lipinski definition) is 2. The van der Waals surface area contributed by atoms with Crippen LogP contribution in [0.5, 0.6) is 5.75 Å². The lowest BCUT2D eigenvalue weighted by molar-refractivity contribution is -0.377. The molecule has 16 heavy (non-hydrogen) atoms. The highest BCUT2D eigenvalue weighted by Gasteiger charge is 2.06. The van der Waals surface area contributed by atoms with Gasteiger partial charge < -0.3 is 10.2 Å². The molecular weight excluding hydrogens is 209 g/mol. The third kappa shape index (κ3) is 2.35. The number of ether oxygens (including phenoxy) is 1. The van der Waals surface area contributed by atoms with E-state index >= 15 is 0 Å². The average molecular weight is 221 g/mol. The molecule has 84 valence electrons. The first-order valence-corrected chi connectivity index (χ1v) is 4.61. The Balaban J connectivity index is 0.00000128. The van der Waals surface area contributed by atoms with Crippen molar-refractivity contribution in [3.8, 4) is 16.9 Å². The zero-order valence-electron chi connectivity index (χ0n) is 8.77. The number of hydrogen-bond donors (Lipinski definition) is 0. The molecule has 0 aliphatic heterocycles. The van der Waals surface area contributed by atoms with Gasteiger partial charge in [-0.25, -0.2) is 9.37 Å². The third-order valence-corrected chi connectivity index (χ3v) is 2.19. The largest absolute Gasteiger partial charge is 0.870 e. The van der Waals surface area contributed by atoms with E-state index in [4.69, 9.17) is 4.74 Å². The maximum atomic E-state index is 13.0. The van der Waals surface area contributed by atoms with E-state index in [0.717, 1.165) is 11.1 Å². The lowest BCUT2D eigenvalue weighted by Gasteiger charge is -2.07. The molecule has 0 unspecified atom stereocenters. The highest BCUT2D eigenvalue weighted by molar-refractivity contribution is 5.69. The van der Waals surface area contributed by atoms with Crippen LogP contribution in [0.4, 0.5) is 4.39 Å². The minimum absolute atomic E-state index is 0. The number of rotatable bonds is 2. The summed E-state index contributed by atoms with van der Waals surface area (Å²) < 4.78 is 18.1. The number of aromatic nitrogens is 1. The Morgan fingerprint density at radius 2 is 1.81 bits per heavy atom. The van der Waals surface area contributed by atoms with Gasteiger partial charge in [-0.3, -0.25) is 0 Å². The molecule has 0 spiro atoms. The van der Waals surface area contributed by atoms with Crippen LogP contribution in [-0.2, 0) is 0 Å². The highest BCUT2D eigenvalue weighted by atomic mass is 19.1. The first kappa shape index (κ1) is 12.1. The van der Waals surface area contributed by atoms with Crippen LogP contribution in [0.3, 0.4) is 0 Å². The van der Waals surface area contributed by atoms with E-state index in [2.05, 4.69) is 4.98 Å². The van der Waals surface area contributed by atoms with E-state index in [1.807, 2.05) is 24.5 Å². The fraction of sp³-hybridized carbons (Fsp3) is 0.0833. The zero-order chi connectivity index (χ0) is 10.7. The molecule has 1 aromatic heterocycles. The zero-order valence-corrected chi connectivity index (χ0v) is 8.77. The molecule has 0 fully saturated rings. The predicted molar refractivity (Wildman–Crippen MR) is 56.9 cm³/mol. The number of nitrogens with one attached hydrogen (secondary N) is 1. The van der Waals surface area contributed by atoms with E-state index in [0.29, 0.717) is 5.75 Å². The Kier molecular flexibility index (Phi) is 3.96. The van der Waals surface area contributed by atoms with Gasteiger partial charge >= 0.3 is 0 Å². The van der Waals surface area contributed by atoms with Gasteiger partial charge in [-0.1, -0.05) is 0 Å². The first-order valence-electron chi connectivity index (χ1n) is 4.61. The molecular formula is C12H12FNO2. The second-order valence-corrected chi connectivity index (χ2v) is 3.13. The molecule has 3 nitrogen and oxygen atoms in total. The monoisotopic (exact) mass is 221 g/mol. The van der Waals surface area contributed by atoms with Crippen molar-refractivity contribution < 1.29 is 19.6 Å². The van der Waals surface area contributed by atoms with Crippen LogP contribution in [0.15, 0.2) is 42.7 Å². The van der Waals surface area contributed by atoms with Gasteiger partial charge in [0.1, 0.15) is 11.6 Å². The fourth-order valence-corrected chi connectivity index (χ4v) is 1.47. The first-order chi connectivity index (χ1) is 7.31. The minimum Gasteiger partial charge on any atom is -0.870 e. The molecule has 2 N–H and O–H groups in total. The van der Waals surface area contributed by atoms with Gasteiger partial charge in [0.25, 0.3) is 0 Å². The molecule has 0 saturated heterocycles. The van der Waals surface area contributed by atoms with E-state index in [-0.39, 0.29) is 11.3 Å². The topological polar surface area (TPSA) is 53.4 Å². The molecule has 4 heteroatoms. The van der Waals surface area contributed by atoms with Gasteiger partial charge in [0, 0.05) is 23.8 Å². The van der Waals surface area contributed by atoms with E-state index < -0.39 is 0 Å². The maximum Gasteiger partial charge on any atom is 0.167 e. The number of aromatic amines is 1. The van der Waals surface area contributed by atoms with Crippen LogP contribution in [0, 0.1) is 5.82 Å². The molecule has 0 amide bonds. The van der Waals surface area contributed by atoms with Gasteiger partial charge in [0.2, 0.25) is 0 Å². The summed E-state index contributed by atoms with van der Waals surface area (Å²) in [5.74, 6) is 0.249. The number of H-pyrrole nitrogens is 1.